The summed E-state index contributed by atoms with van der Waals surface area (Å²) in [7, 11) is 0. The maximum Gasteiger partial charge on any atom is 0.340 e. The Morgan fingerprint density at radius 1 is 1.21 bits per heavy atom. The Morgan fingerprint density at radius 2 is 1.89 bits per heavy atom. The molecule has 0 bridgehead atoms. The summed E-state index contributed by atoms with van der Waals surface area (Å²) < 4.78 is 4.96. The zero-order valence-corrected chi connectivity index (χ0v) is 12.0. The minimum Gasteiger partial charge on any atom is -0.433 e. The second-order valence-corrected chi connectivity index (χ2v) is 7.64. The van der Waals surface area contributed by atoms with E-state index in [0.717, 1.165) is 19.3 Å². The van der Waals surface area contributed by atoms with Gasteiger partial charge in [0.25, 0.3) is 0 Å². The third-order valence-corrected chi connectivity index (χ3v) is 6.18. The zero-order valence-electron chi connectivity index (χ0n) is 12.0. The first kappa shape index (κ1) is 13.4. The number of rotatable bonds is 0. The van der Waals surface area contributed by atoms with Crippen LogP contribution in [0.3, 0.4) is 0 Å². The SMILES string of the molecule is CC1(C)CCC[C@]2(C)[C@H]3[C@H](O)OC(=O)[C@@]3(O)CC[C@@H]12. The third kappa shape index (κ3) is 1.56. The summed E-state index contributed by atoms with van der Waals surface area (Å²) in [6.07, 6.45) is 3.29. The Bertz CT molecular complexity index is 418. The van der Waals surface area contributed by atoms with Crippen molar-refractivity contribution >= 4 is 5.97 Å². The van der Waals surface area contributed by atoms with E-state index in [1.807, 2.05) is 0 Å². The molecule has 1 saturated heterocycles. The summed E-state index contributed by atoms with van der Waals surface area (Å²) in [6.45, 7) is 6.66. The van der Waals surface area contributed by atoms with Crippen LogP contribution in [0.4, 0.5) is 0 Å². The maximum absolute atomic E-state index is 11.9. The Labute approximate surface area is 114 Å². The molecule has 0 aromatic carbocycles. The smallest absolute Gasteiger partial charge is 0.340 e. The van der Waals surface area contributed by atoms with Gasteiger partial charge in [-0.15, -0.1) is 0 Å². The lowest BCUT2D eigenvalue weighted by Gasteiger charge is -2.58. The molecule has 1 heterocycles. The molecule has 4 nitrogen and oxygen atoms in total. The van der Waals surface area contributed by atoms with Crippen LogP contribution in [-0.4, -0.2) is 28.1 Å². The summed E-state index contributed by atoms with van der Waals surface area (Å²) in [6, 6.07) is 0. The van der Waals surface area contributed by atoms with Gasteiger partial charge >= 0.3 is 5.97 Å². The molecule has 0 unspecified atom stereocenters. The topological polar surface area (TPSA) is 66.8 Å². The van der Waals surface area contributed by atoms with E-state index in [1.54, 1.807) is 0 Å². The van der Waals surface area contributed by atoms with E-state index in [-0.39, 0.29) is 10.8 Å². The van der Waals surface area contributed by atoms with Crippen molar-refractivity contribution in [3.63, 3.8) is 0 Å². The molecule has 2 N–H and O–H groups in total. The van der Waals surface area contributed by atoms with E-state index in [2.05, 4.69) is 20.8 Å². The first-order chi connectivity index (χ1) is 8.72. The highest BCUT2D eigenvalue weighted by atomic mass is 16.7. The number of aliphatic hydroxyl groups excluding tert-OH is 1. The molecule has 4 heteroatoms. The molecule has 0 spiro atoms. The average molecular weight is 268 g/mol. The van der Waals surface area contributed by atoms with Gasteiger partial charge in [0.15, 0.2) is 5.60 Å². The quantitative estimate of drug-likeness (QED) is 0.658. The van der Waals surface area contributed by atoms with Crippen molar-refractivity contribution in [3.8, 4) is 0 Å². The molecule has 0 radical (unpaired) electrons. The van der Waals surface area contributed by atoms with Crippen molar-refractivity contribution in [1.29, 1.82) is 0 Å². The lowest BCUT2D eigenvalue weighted by atomic mass is 9.46. The number of hydrogen-bond acceptors (Lipinski definition) is 4. The standard InChI is InChI=1S/C15H24O4/c1-13(2)6-4-7-14(3)9(13)5-8-15(18)10(14)11(16)19-12(15)17/h9-11,16,18H,4-8H2,1-3H3/t9-,10+,11+,14-,15+/m0/s1. The van der Waals surface area contributed by atoms with E-state index in [1.165, 1.54) is 6.42 Å². The van der Waals surface area contributed by atoms with Gasteiger partial charge in [-0.1, -0.05) is 27.2 Å². The summed E-state index contributed by atoms with van der Waals surface area (Å²) in [4.78, 5) is 11.9. The van der Waals surface area contributed by atoms with Gasteiger partial charge in [0.2, 0.25) is 6.29 Å². The van der Waals surface area contributed by atoms with Gasteiger partial charge < -0.3 is 14.9 Å². The van der Waals surface area contributed by atoms with Crippen molar-refractivity contribution in [2.24, 2.45) is 22.7 Å². The number of cyclic esters (lactones) is 1. The molecule has 0 amide bonds. The molecule has 3 aliphatic rings. The van der Waals surface area contributed by atoms with Gasteiger partial charge in [-0.25, -0.2) is 4.79 Å². The van der Waals surface area contributed by atoms with Crippen LogP contribution in [0.2, 0.25) is 0 Å². The van der Waals surface area contributed by atoms with E-state index < -0.39 is 23.8 Å². The molecule has 5 atom stereocenters. The van der Waals surface area contributed by atoms with E-state index in [0.29, 0.717) is 12.3 Å². The molecule has 3 rings (SSSR count). The first-order valence-electron chi connectivity index (χ1n) is 7.33. The molecule has 3 fully saturated rings. The van der Waals surface area contributed by atoms with E-state index >= 15 is 0 Å². The molecule has 0 aromatic heterocycles. The summed E-state index contributed by atoms with van der Waals surface area (Å²) in [5.74, 6) is -0.693. The average Bonchev–Trinajstić information content (AvgIpc) is 2.49. The molecule has 19 heavy (non-hydrogen) atoms. The molecule has 1 aliphatic heterocycles. The Hall–Kier alpha value is -0.610. The maximum atomic E-state index is 11.9. The van der Waals surface area contributed by atoms with E-state index in [4.69, 9.17) is 4.74 Å². The monoisotopic (exact) mass is 268 g/mol. The van der Waals surface area contributed by atoms with Crippen LogP contribution >= 0.6 is 0 Å². The fraction of sp³-hybridized carbons (Fsp3) is 0.933. The predicted octanol–water partition coefficient (Wildman–Crippen LogP) is 1.84. The summed E-state index contributed by atoms with van der Waals surface area (Å²) >= 11 is 0. The molecule has 2 saturated carbocycles. The highest BCUT2D eigenvalue weighted by Crippen LogP contribution is 2.64. The van der Waals surface area contributed by atoms with Gasteiger partial charge in [0, 0.05) is 0 Å². The number of esters is 1. The summed E-state index contributed by atoms with van der Waals surface area (Å²) in [5, 5.41) is 20.8. The number of fused-ring (bicyclic) bond motifs is 3. The first-order valence-corrected chi connectivity index (χ1v) is 7.33. The molecule has 2 aliphatic carbocycles. The van der Waals surface area contributed by atoms with Gasteiger partial charge in [-0.3, -0.25) is 0 Å². The number of carbonyl (C=O) groups excluding carboxylic acids is 1. The van der Waals surface area contributed by atoms with Crippen LogP contribution in [0.5, 0.6) is 0 Å². The number of aliphatic hydroxyl groups is 2. The normalized spacial score (nSPS) is 52.3. The van der Waals surface area contributed by atoms with E-state index in [9.17, 15) is 15.0 Å². The second kappa shape index (κ2) is 3.73. The molecular weight excluding hydrogens is 244 g/mol. The molecule has 0 aromatic rings. The van der Waals surface area contributed by atoms with Gasteiger partial charge in [-0.2, -0.15) is 0 Å². The Morgan fingerprint density at radius 3 is 2.58 bits per heavy atom. The molecular formula is C15H24O4. The highest BCUT2D eigenvalue weighted by molar-refractivity contribution is 5.82. The number of ether oxygens (including phenoxy) is 1. The lowest BCUT2D eigenvalue weighted by molar-refractivity contribution is -0.190. The van der Waals surface area contributed by atoms with Crippen molar-refractivity contribution in [2.45, 2.75) is 64.8 Å². The van der Waals surface area contributed by atoms with Crippen molar-refractivity contribution in [3.05, 3.63) is 0 Å². The Balaban J connectivity index is 2.05. The highest BCUT2D eigenvalue weighted by Gasteiger charge is 2.68. The fourth-order valence-corrected chi connectivity index (χ4v) is 5.39. The summed E-state index contributed by atoms with van der Waals surface area (Å²) in [5.41, 5.74) is -1.50. The van der Waals surface area contributed by atoms with Crippen LogP contribution in [-0.2, 0) is 9.53 Å². The van der Waals surface area contributed by atoms with Crippen LogP contribution in [0.15, 0.2) is 0 Å². The second-order valence-electron chi connectivity index (χ2n) is 7.64. The lowest BCUT2D eigenvalue weighted by Crippen LogP contribution is -2.60. The minimum atomic E-state index is -1.47. The largest absolute Gasteiger partial charge is 0.433 e. The zero-order chi connectivity index (χ0) is 14.1. The van der Waals surface area contributed by atoms with Crippen molar-refractivity contribution < 1.29 is 19.7 Å². The van der Waals surface area contributed by atoms with Crippen LogP contribution in [0.25, 0.3) is 0 Å². The minimum absolute atomic E-state index is 0.194. The third-order valence-electron chi connectivity index (χ3n) is 6.18. The fourth-order valence-electron chi connectivity index (χ4n) is 5.39. The van der Waals surface area contributed by atoms with Gasteiger partial charge in [-0.05, 0) is 42.4 Å². The van der Waals surface area contributed by atoms with Crippen LogP contribution in [0.1, 0.15) is 52.9 Å². The molecule has 108 valence electrons. The van der Waals surface area contributed by atoms with Crippen LogP contribution in [0, 0.1) is 22.7 Å². The number of hydrogen-bond donors (Lipinski definition) is 2. The van der Waals surface area contributed by atoms with Gasteiger partial charge in [0.05, 0.1) is 5.92 Å². The number of carbonyl (C=O) groups is 1. The van der Waals surface area contributed by atoms with Crippen LogP contribution < -0.4 is 0 Å². The van der Waals surface area contributed by atoms with Crippen molar-refractivity contribution in [1.82, 2.24) is 0 Å². The predicted molar refractivity (Wildman–Crippen MR) is 69.0 cm³/mol. The van der Waals surface area contributed by atoms with Crippen molar-refractivity contribution in [2.75, 3.05) is 0 Å². The Kier molecular flexibility index (Phi) is 2.63. The van der Waals surface area contributed by atoms with Gasteiger partial charge in [0.1, 0.15) is 0 Å².